The number of hydrogen-bond acceptors (Lipinski definition) is 8. The van der Waals surface area contributed by atoms with E-state index in [1.807, 2.05) is 0 Å². The number of aliphatic hydroxyl groups excluding tert-OH is 1. The highest BCUT2D eigenvalue weighted by Crippen LogP contribution is 2.24. The monoisotopic (exact) mass is 523 g/mol. The summed E-state index contributed by atoms with van der Waals surface area (Å²) in [5.74, 6) is 0.336. The van der Waals surface area contributed by atoms with Gasteiger partial charge in [-0.3, -0.25) is 4.79 Å². The minimum Gasteiger partial charge on any atom is -0.393 e. The fraction of sp³-hybridized carbons (Fsp3) is 0.346. The van der Waals surface area contributed by atoms with E-state index in [1.54, 1.807) is 65.7 Å². The van der Waals surface area contributed by atoms with Crippen LogP contribution in [0.1, 0.15) is 23.2 Å². The number of hydrogen-bond donors (Lipinski definition) is 2. The normalized spacial score (nSPS) is 17.5. The van der Waals surface area contributed by atoms with Crippen molar-refractivity contribution in [1.82, 2.24) is 19.2 Å². The number of nitrogens with one attached hydrogen (secondary N) is 1. The molecule has 2 saturated heterocycles. The zero-order valence-corrected chi connectivity index (χ0v) is 21.1. The molecule has 2 aliphatic heterocycles. The predicted octanol–water partition coefficient (Wildman–Crippen LogP) is 2.51. The van der Waals surface area contributed by atoms with Crippen molar-refractivity contribution in [3.8, 4) is 11.3 Å². The van der Waals surface area contributed by atoms with Crippen molar-refractivity contribution in [1.29, 1.82) is 0 Å². The van der Waals surface area contributed by atoms with Crippen molar-refractivity contribution in [3.05, 3.63) is 66.4 Å². The molecule has 3 heterocycles. The third-order valence-corrected chi connectivity index (χ3v) is 8.47. The average Bonchev–Trinajstić information content (AvgIpc) is 2.94. The van der Waals surface area contributed by atoms with E-state index in [4.69, 9.17) is 4.74 Å². The molecule has 10 nitrogen and oxygen atoms in total. The van der Waals surface area contributed by atoms with E-state index in [9.17, 15) is 18.3 Å². The van der Waals surface area contributed by atoms with Crippen LogP contribution in [0.5, 0.6) is 0 Å². The highest BCUT2D eigenvalue weighted by molar-refractivity contribution is 7.89. The number of morpholine rings is 1. The molecule has 37 heavy (non-hydrogen) atoms. The Hall–Kier alpha value is -3.38. The molecule has 0 saturated carbocycles. The molecule has 3 aromatic rings. The smallest absolute Gasteiger partial charge is 0.253 e. The standard InChI is InChI=1S/C26H29N5O5S/c32-22-10-13-30(14-11-22)25(33)20-1-5-21(6-2-20)28-26-27-12-9-24(29-26)19-3-7-23(8-4-19)37(34,35)31-15-17-36-18-16-31/h1-9,12,22,32H,10-11,13-18H2,(H,27,28,29). The number of anilines is 2. The number of piperidine rings is 1. The van der Waals surface area contributed by atoms with E-state index in [0.29, 0.717) is 69.4 Å². The molecule has 0 aliphatic carbocycles. The summed E-state index contributed by atoms with van der Waals surface area (Å²) in [6.45, 7) is 2.61. The van der Waals surface area contributed by atoms with Crippen LogP contribution in [-0.4, -0.2) is 84.1 Å². The maximum absolute atomic E-state index is 12.9. The number of rotatable bonds is 6. The van der Waals surface area contributed by atoms with Crippen LogP contribution in [0.2, 0.25) is 0 Å². The molecule has 2 aliphatic rings. The first-order valence-electron chi connectivity index (χ1n) is 12.3. The number of amides is 1. The van der Waals surface area contributed by atoms with Gasteiger partial charge in [-0.25, -0.2) is 18.4 Å². The van der Waals surface area contributed by atoms with Crippen molar-refractivity contribution in [2.45, 2.75) is 23.8 Å². The maximum Gasteiger partial charge on any atom is 0.253 e. The Morgan fingerprint density at radius 2 is 1.62 bits per heavy atom. The Labute approximate surface area is 216 Å². The molecule has 1 amide bonds. The molecule has 0 unspecified atom stereocenters. The van der Waals surface area contributed by atoms with Gasteiger partial charge in [0, 0.05) is 49.2 Å². The van der Waals surface area contributed by atoms with Gasteiger partial charge in [-0.1, -0.05) is 12.1 Å². The molecule has 0 bridgehead atoms. The molecule has 194 valence electrons. The number of likely N-dealkylation sites (tertiary alicyclic amines) is 1. The van der Waals surface area contributed by atoms with E-state index < -0.39 is 10.0 Å². The first-order chi connectivity index (χ1) is 17.9. The zero-order valence-electron chi connectivity index (χ0n) is 20.3. The molecule has 1 aromatic heterocycles. The lowest BCUT2D eigenvalue weighted by Crippen LogP contribution is -2.40. The number of carbonyl (C=O) groups excluding carboxylic acids is 1. The maximum atomic E-state index is 12.9. The van der Waals surface area contributed by atoms with Gasteiger partial charge in [0.15, 0.2) is 0 Å². The van der Waals surface area contributed by atoms with Crippen molar-refractivity contribution in [2.24, 2.45) is 0 Å². The average molecular weight is 524 g/mol. The topological polar surface area (TPSA) is 125 Å². The van der Waals surface area contributed by atoms with Gasteiger partial charge >= 0.3 is 0 Å². The largest absolute Gasteiger partial charge is 0.393 e. The molecular formula is C26H29N5O5S. The highest BCUT2D eigenvalue weighted by atomic mass is 32.2. The highest BCUT2D eigenvalue weighted by Gasteiger charge is 2.26. The van der Waals surface area contributed by atoms with Gasteiger partial charge in [0.05, 0.1) is 29.9 Å². The lowest BCUT2D eigenvalue weighted by atomic mass is 10.1. The zero-order chi connectivity index (χ0) is 25.8. The molecule has 5 rings (SSSR count). The summed E-state index contributed by atoms with van der Waals surface area (Å²) in [5, 5.41) is 12.8. The molecule has 11 heteroatoms. The van der Waals surface area contributed by atoms with Gasteiger partial charge < -0.3 is 20.1 Å². The quantitative estimate of drug-likeness (QED) is 0.505. The second-order valence-corrected chi connectivity index (χ2v) is 11.0. The summed E-state index contributed by atoms with van der Waals surface area (Å²) in [6.07, 6.45) is 2.51. The lowest BCUT2D eigenvalue weighted by molar-refractivity contribution is 0.0546. The van der Waals surface area contributed by atoms with Gasteiger partial charge in [0.2, 0.25) is 16.0 Å². The van der Waals surface area contributed by atoms with Crippen molar-refractivity contribution in [3.63, 3.8) is 0 Å². The molecule has 2 fully saturated rings. The second kappa shape index (κ2) is 10.9. The van der Waals surface area contributed by atoms with Crippen molar-refractivity contribution in [2.75, 3.05) is 44.7 Å². The summed E-state index contributed by atoms with van der Waals surface area (Å²) < 4.78 is 32.4. The van der Waals surface area contributed by atoms with Crippen LogP contribution in [0.25, 0.3) is 11.3 Å². The fourth-order valence-electron chi connectivity index (χ4n) is 4.39. The van der Waals surface area contributed by atoms with Gasteiger partial charge in [-0.2, -0.15) is 4.31 Å². The number of carbonyl (C=O) groups is 1. The molecule has 2 N–H and O–H groups in total. The number of sulfonamides is 1. The Bertz CT molecular complexity index is 1330. The minimum absolute atomic E-state index is 0.0456. The molecule has 0 radical (unpaired) electrons. The van der Waals surface area contributed by atoms with Crippen LogP contribution in [0.3, 0.4) is 0 Å². The predicted molar refractivity (Wildman–Crippen MR) is 138 cm³/mol. The van der Waals surface area contributed by atoms with Crippen LogP contribution in [0.4, 0.5) is 11.6 Å². The van der Waals surface area contributed by atoms with Crippen molar-refractivity contribution < 1.29 is 23.1 Å². The van der Waals surface area contributed by atoms with Gasteiger partial charge in [-0.15, -0.1) is 0 Å². The number of benzene rings is 2. The number of ether oxygens (including phenoxy) is 1. The van der Waals surface area contributed by atoms with Crippen LogP contribution < -0.4 is 5.32 Å². The van der Waals surface area contributed by atoms with E-state index in [-0.39, 0.29) is 16.9 Å². The van der Waals surface area contributed by atoms with E-state index in [2.05, 4.69) is 15.3 Å². The summed E-state index contributed by atoms with van der Waals surface area (Å²) in [4.78, 5) is 23.5. The Kier molecular flexibility index (Phi) is 7.47. The molecule has 0 spiro atoms. The first-order valence-corrected chi connectivity index (χ1v) is 13.7. The number of aromatic nitrogens is 2. The molecular weight excluding hydrogens is 494 g/mol. The van der Waals surface area contributed by atoms with Crippen LogP contribution in [-0.2, 0) is 14.8 Å². The third kappa shape index (κ3) is 5.80. The third-order valence-electron chi connectivity index (χ3n) is 6.55. The van der Waals surface area contributed by atoms with E-state index in [1.165, 1.54) is 4.31 Å². The van der Waals surface area contributed by atoms with Crippen LogP contribution >= 0.6 is 0 Å². The van der Waals surface area contributed by atoms with Crippen LogP contribution in [0.15, 0.2) is 65.7 Å². The van der Waals surface area contributed by atoms with Gasteiger partial charge in [0.25, 0.3) is 5.91 Å². The number of nitrogens with zero attached hydrogens (tertiary/aromatic N) is 4. The summed E-state index contributed by atoms with van der Waals surface area (Å²) in [6, 6.07) is 15.5. The summed E-state index contributed by atoms with van der Waals surface area (Å²) in [7, 11) is -3.56. The summed E-state index contributed by atoms with van der Waals surface area (Å²) >= 11 is 0. The SMILES string of the molecule is O=C(c1ccc(Nc2nccc(-c3ccc(S(=O)(=O)N4CCOCC4)cc3)n2)cc1)N1CCC(O)CC1. The van der Waals surface area contributed by atoms with E-state index >= 15 is 0 Å². The molecule has 0 atom stereocenters. The molecule has 2 aromatic carbocycles. The van der Waals surface area contributed by atoms with E-state index in [0.717, 1.165) is 11.3 Å². The van der Waals surface area contributed by atoms with Gasteiger partial charge in [0.1, 0.15) is 0 Å². The Balaban J connectivity index is 1.25. The Morgan fingerprint density at radius 3 is 2.30 bits per heavy atom. The number of aliphatic hydroxyl groups is 1. The summed E-state index contributed by atoms with van der Waals surface area (Å²) in [5.41, 5.74) is 2.73. The van der Waals surface area contributed by atoms with Crippen molar-refractivity contribution >= 4 is 27.6 Å². The van der Waals surface area contributed by atoms with Crippen LogP contribution in [0, 0.1) is 0 Å². The Morgan fingerprint density at radius 1 is 0.946 bits per heavy atom. The van der Waals surface area contributed by atoms with Gasteiger partial charge in [-0.05, 0) is 55.3 Å². The lowest BCUT2D eigenvalue weighted by Gasteiger charge is -2.29. The minimum atomic E-state index is -3.56. The second-order valence-electron chi connectivity index (χ2n) is 9.03. The fourth-order valence-corrected chi connectivity index (χ4v) is 5.80. The first kappa shape index (κ1) is 25.3.